The van der Waals surface area contributed by atoms with Gasteiger partial charge in [-0.2, -0.15) is 0 Å². The molecule has 34 heavy (non-hydrogen) atoms. The number of benzene rings is 2. The Morgan fingerprint density at radius 3 is 2.59 bits per heavy atom. The van der Waals surface area contributed by atoms with E-state index in [0.717, 1.165) is 18.4 Å². The van der Waals surface area contributed by atoms with Crippen molar-refractivity contribution in [2.75, 3.05) is 32.9 Å². The first-order valence-electron chi connectivity index (χ1n) is 11.8. The summed E-state index contributed by atoms with van der Waals surface area (Å²) >= 11 is 3.32. The molecule has 2 aromatic rings. The molecule has 0 N–H and O–H groups in total. The second-order valence-electron chi connectivity index (χ2n) is 9.30. The molecule has 3 fully saturated rings. The number of halogens is 2. The molecule has 3 atom stereocenters. The van der Waals surface area contributed by atoms with Crippen LogP contribution in [-0.4, -0.2) is 66.8 Å². The number of nitrogens with zero attached hydrogens (tertiary/aromatic N) is 2. The predicted octanol–water partition coefficient (Wildman–Crippen LogP) is 4.37. The molecule has 6 nitrogen and oxygen atoms in total. The fourth-order valence-electron chi connectivity index (χ4n) is 5.50. The van der Waals surface area contributed by atoms with Crippen molar-refractivity contribution in [3.8, 4) is 0 Å². The minimum Gasteiger partial charge on any atom is -0.447 e. The van der Waals surface area contributed by atoms with E-state index in [-0.39, 0.29) is 30.3 Å². The number of hydrogen-bond donors (Lipinski definition) is 0. The minimum atomic E-state index is -0.606. The van der Waals surface area contributed by atoms with Crippen molar-refractivity contribution in [3.63, 3.8) is 0 Å². The molecular formula is C26H28BrFN2O4. The molecule has 3 heterocycles. The predicted molar refractivity (Wildman–Crippen MR) is 128 cm³/mol. The molecule has 2 aromatic carbocycles. The standard InChI is InChI=1S/C26H28BrFN2O4/c27-18-6-7-21(24(28)13-18)22-14-29(19-8-10-33-11-9-19)15-23(22)25(31)30-20(16-34-26(30)32)12-17-4-2-1-3-5-17/h1-7,13,19-20,22-23H,8-12,14-16H2/t20-,22?,23?/m0/s1. The molecule has 8 heteroatoms. The summed E-state index contributed by atoms with van der Waals surface area (Å²) in [5.41, 5.74) is 1.55. The Labute approximate surface area is 207 Å². The lowest BCUT2D eigenvalue weighted by molar-refractivity contribution is -0.133. The Morgan fingerprint density at radius 2 is 1.85 bits per heavy atom. The van der Waals surface area contributed by atoms with Crippen LogP contribution < -0.4 is 0 Å². The molecule has 0 radical (unpaired) electrons. The number of likely N-dealkylation sites (tertiary alicyclic amines) is 1. The summed E-state index contributed by atoms with van der Waals surface area (Å²) in [5.74, 6) is -1.47. The average Bonchev–Trinajstić information content (AvgIpc) is 3.44. The zero-order valence-corrected chi connectivity index (χ0v) is 20.5. The number of ether oxygens (including phenoxy) is 2. The SMILES string of the molecule is O=C1OC[C@H](Cc2ccccc2)N1C(=O)C1CN(C2CCOCC2)CC1c1ccc(Br)cc1F. The van der Waals surface area contributed by atoms with Gasteiger partial charge in [-0.15, -0.1) is 0 Å². The van der Waals surface area contributed by atoms with E-state index in [1.807, 2.05) is 30.3 Å². The van der Waals surface area contributed by atoms with Gasteiger partial charge in [0.2, 0.25) is 5.91 Å². The molecule has 0 aliphatic carbocycles. The Bertz CT molecular complexity index is 1050. The Hall–Kier alpha value is -2.29. The lowest BCUT2D eigenvalue weighted by Crippen LogP contribution is -2.45. The highest BCUT2D eigenvalue weighted by Gasteiger charge is 2.48. The second kappa shape index (κ2) is 10.1. The third-order valence-electron chi connectivity index (χ3n) is 7.25. The Kier molecular flexibility index (Phi) is 6.99. The van der Waals surface area contributed by atoms with E-state index in [1.54, 1.807) is 12.1 Å². The van der Waals surface area contributed by atoms with Crippen LogP contribution in [0.2, 0.25) is 0 Å². The van der Waals surface area contributed by atoms with E-state index in [4.69, 9.17) is 9.47 Å². The number of carbonyl (C=O) groups is 2. The first-order valence-corrected chi connectivity index (χ1v) is 12.6. The Morgan fingerprint density at radius 1 is 1.09 bits per heavy atom. The van der Waals surface area contributed by atoms with E-state index in [9.17, 15) is 9.59 Å². The van der Waals surface area contributed by atoms with E-state index in [1.165, 1.54) is 11.0 Å². The fourth-order valence-corrected chi connectivity index (χ4v) is 5.83. The maximum absolute atomic E-state index is 15.0. The average molecular weight is 531 g/mol. The first-order chi connectivity index (χ1) is 16.5. The normalized spacial score (nSPS) is 26.1. The zero-order valence-electron chi connectivity index (χ0n) is 18.9. The third kappa shape index (κ3) is 4.76. The highest BCUT2D eigenvalue weighted by atomic mass is 79.9. The van der Waals surface area contributed by atoms with Gasteiger partial charge in [0.15, 0.2) is 0 Å². The number of carbonyl (C=O) groups excluding carboxylic acids is 2. The van der Waals surface area contributed by atoms with Gasteiger partial charge in [0.1, 0.15) is 12.4 Å². The summed E-state index contributed by atoms with van der Waals surface area (Å²) in [4.78, 5) is 30.1. The molecule has 0 spiro atoms. The number of imide groups is 1. The summed E-state index contributed by atoms with van der Waals surface area (Å²) in [6, 6.07) is 14.7. The van der Waals surface area contributed by atoms with Crippen molar-refractivity contribution in [3.05, 3.63) is 69.9 Å². The largest absolute Gasteiger partial charge is 0.447 e. The molecule has 0 saturated carbocycles. The van der Waals surface area contributed by atoms with Gasteiger partial charge in [-0.1, -0.05) is 52.3 Å². The van der Waals surface area contributed by atoms with Crippen molar-refractivity contribution >= 4 is 27.9 Å². The number of rotatable bonds is 5. The van der Waals surface area contributed by atoms with Gasteiger partial charge < -0.3 is 9.47 Å². The van der Waals surface area contributed by atoms with E-state index >= 15 is 4.39 Å². The lowest BCUT2D eigenvalue weighted by Gasteiger charge is -2.31. The summed E-state index contributed by atoms with van der Waals surface area (Å²) in [6.45, 7) is 2.62. The molecule has 3 saturated heterocycles. The van der Waals surface area contributed by atoms with Gasteiger partial charge in [0.05, 0.1) is 12.0 Å². The van der Waals surface area contributed by atoms with Gasteiger partial charge in [0.25, 0.3) is 0 Å². The smallest absolute Gasteiger partial charge is 0.416 e. The van der Waals surface area contributed by atoms with Crippen LogP contribution in [-0.2, 0) is 20.7 Å². The molecule has 0 bridgehead atoms. The van der Waals surface area contributed by atoms with Crippen molar-refractivity contribution in [2.45, 2.75) is 37.3 Å². The molecular weight excluding hydrogens is 503 g/mol. The quantitative estimate of drug-likeness (QED) is 0.574. The molecule has 2 unspecified atom stereocenters. The first kappa shape index (κ1) is 23.5. The van der Waals surface area contributed by atoms with Gasteiger partial charge in [-0.3, -0.25) is 9.69 Å². The van der Waals surface area contributed by atoms with Crippen LogP contribution in [0.1, 0.15) is 29.9 Å². The number of hydrogen-bond acceptors (Lipinski definition) is 5. The maximum atomic E-state index is 15.0. The molecule has 3 aliphatic heterocycles. The highest BCUT2D eigenvalue weighted by Crippen LogP contribution is 2.39. The summed E-state index contributed by atoms with van der Waals surface area (Å²) in [7, 11) is 0. The Balaban J connectivity index is 1.42. The van der Waals surface area contributed by atoms with Crippen LogP contribution in [0, 0.1) is 11.7 Å². The van der Waals surface area contributed by atoms with E-state index < -0.39 is 12.0 Å². The fraction of sp³-hybridized carbons (Fsp3) is 0.462. The van der Waals surface area contributed by atoms with Gasteiger partial charge >= 0.3 is 6.09 Å². The summed E-state index contributed by atoms with van der Waals surface area (Å²) in [5, 5.41) is 0. The van der Waals surface area contributed by atoms with Crippen molar-refractivity contribution in [1.29, 1.82) is 0 Å². The second-order valence-corrected chi connectivity index (χ2v) is 10.2. The van der Waals surface area contributed by atoms with Gasteiger partial charge in [-0.05, 0) is 42.5 Å². The van der Waals surface area contributed by atoms with Crippen LogP contribution in [0.15, 0.2) is 53.0 Å². The van der Waals surface area contributed by atoms with E-state index in [0.29, 0.717) is 48.8 Å². The highest BCUT2D eigenvalue weighted by molar-refractivity contribution is 9.10. The molecule has 3 aliphatic rings. The van der Waals surface area contributed by atoms with Crippen LogP contribution in [0.4, 0.5) is 9.18 Å². The molecule has 180 valence electrons. The lowest BCUT2D eigenvalue weighted by atomic mass is 9.87. The monoisotopic (exact) mass is 530 g/mol. The minimum absolute atomic E-state index is 0.174. The molecule has 2 amide bonds. The van der Waals surface area contributed by atoms with Gasteiger partial charge in [-0.25, -0.2) is 14.1 Å². The maximum Gasteiger partial charge on any atom is 0.416 e. The van der Waals surface area contributed by atoms with E-state index in [2.05, 4.69) is 20.8 Å². The van der Waals surface area contributed by atoms with Crippen LogP contribution in [0.5, 0.6) is 0 Å². The van der Waals surface area contributed by atoms with Crippen molar-refractivity contribution < 1.29 is 23.5 Å². The van der Waals surface area contributed by atoms with Gasteiger partial charge in [0, 0.05) is 42.7 Å². The summed E-state index contributed by atoms with van der Waals surface area (Å²) in [6.07, 6.45) is 1.70. The van der Waals surface area contributed by atoms with Crippen LogP contribution in [0.25, 0.3) is 0 Å². The number of amides is 2. The van der Waals surface area contributed by atoms with Crippen molar-refractivity contribution in [1.82, 2.24) is 9.80 Å². The van der Waals surface area contributed by atoms with Crippen molar-refractivity contribution in [2.24, 2.45) is 5.92 Å². The zero-order chi connectivity index (χ0) is 23.7. The summed E-state index contributed by atoms with van der Waals surface area (Å²) < 4.78 is 26.5. The molecule has 5 rings (SSSR count). The number of cyclic esters (lactones) is 1. The van der Waals surface area contributed by atoms with Crippen LogP contribution >= 0.6 is 15.9 Å². The van der Waals surface area contributed by atoms with Crippen LogP contribution in [0.3, 0.4) is 0 Å². The molecule has 0 aromatic heterocycles. The topological polar surface area (TPSA) is 59.1 Å². The third-order valence-corrected chi connectivity index (χ3v) is 7.74.